The summed E-state index contributed by atoms with van der Waals surface area (Å²) in [6.07, 6.45) is 0.0991. The van der Waals surface area contributed by atoms with Crippen LogP contribution in [0.2, 0.25) is 0 Å². The topological polar surface area (TPSA) is 162 Å². The zero-order valence-electron chi connectivity index (χ0n) is 19.3. The first-order valence-electron chi connectivity index (χ1n) is 10.9. The minimum absolute atomic E-state index is 0.0487. The Bertz CT molecular complexity index is 1360. The number of fused-ring (bicyclic) bond motifs is 1. The van der Waals surface area contributed by atoms with Gasteiger partial charge in [-0.2, -0.15) is 8.42 Å². The van der Waals surface area contributed by atoms with Gasteiger partial charge in [0, 0.05) is 17.0 Å². The van der Waals surface area contributed by atoms with E-state index < -0.39 is 38.3 Å². The van der Waals surface area contributed by atoms with Gasteiger partial charge in [0.25, 0.3) is 11.6 Å². The quantitative estimate of drug-likeness (QED) is 0.148. The number of ether oxygens (including phenoxy) is 1. The van der Waals surface area contributed by atoms with Crippen LogP contribution in [-0.2, 0) is 46.4 Å². The molecule has 1 unspecified atom stereocenters. The second kappa shape index (κ2) is 10.9. The summed E-state index contributed by atoms with van der Waals surface area (Å²) in [6, 6.07) is 8.03. The second-order valence-electron chi connectivity index (χ2n) is 7.91. The Morgan fingerprint density at radius 2 is 1.97 bits per heavy atom. The molecule has 15 heteroatoms. The maximum atomic E-state index is 13.1. The number of nitro benzene ring substituents is 1. The Kier molecular flexibility index (Phi) is 7.85. The highest BCUT2D eigenvalue weighted by Crippen LogP contribution is 2.41. The van der Waals surface area contributed by atoms with Crippen LogP contribution in [0.5, 0.6) is 0 Å². The van der Waals surface area contributed by atoms with Crippen molar-refractivity contribution in [1.29, 1.82) is 0 Å². The lowest BCUT2D eigenvalue weighted by molar-refractivity contribution is -0.384. The fourth-order valence-electron chi connectivity index (χ4n) is 3.58. The van der Waals surface area contributed by atoms with Gasteiger partial charge in [0.15, 0.2) is 11.5 Å². The van der Waals surface area contributed by atoms with E-state index in [-0.39, 0.29) is 47.6 Å². The summed E-state index contributed by atoms with van der Waals surface area (Å²) in [7, 11) is -4.01. The molecular weight excluding hydrogens is 546 g/mol. The van der Waals surface area contributed by atoms with E-state index in [1.54, 1.807) is 6.07 Å². The van der Waals surface area contributed by atoms with Crippen LogP contribution in [0.1, 0.15) is 17.4 Å². The largest absolute Gasteiger partial charge is 0.456 e. The van der Waals surface area contributed by atoms with Crippen molar-refractivity contribution in [3.63, 3.8) is 0 Å². The molecule has 2 aromatic rings. The third-order valence-electron chi connectivity index (χ3n) is 5.46. The molecule has 1 saturated heterocycles. The Balaban J connectivity index is 1.51. The van der Waals surface area contributed by atoms with Gasteiger partial charge in [-0.15, -0.1) is 23.1 Å². The van der Waals surface area contributed by atoms with Crippen molar-refractivity contribution in [1.82, 2.24) is 10.2 Å². The fourth-order valence-corrected chi connectivity index (χ4v) is 6.18. The van der Waals surface area contributed by atoms with E-state index in [1.807, 2.05) is 11.4 Å². The number of nitrogens with zero attached hydrogens (tertiary/aromatic N) is 2. The van der Waals surface area contributed by atoms with Gasteiger partial charge in [-0.25, -0.2) is 4.79 Å². The van der Waals surface area contributed by atoms with Crippen LogP contribution in [0.15, 0.2) is 53.2 Å². The van der Waals surface area contributed by atoms with Gasteiger partial charge in [0.1, 0.15) is 18.0 Å². The van der Waals surface area contributed by atoms with Gasteiger partial charge in [0.2, 0.25) is 5.91 Å². The first kappa shape index (κ1) is 26.6. The number of thiophene rings is 1. The maximum absolute atomic E-state index is 13.1. The Morgan fingerprint density at radius 1 is 1.24 bits per heavy atom. The predicted molar refractivity (Wildman–Crippen MR) is 134 cm³/mol. The van der Waals surface area contributed by atoms with Gasteiger partial charge >= 0.3 is 16.1 Å². The summed E-state index contributed by atoms with van der Waals surface area (Å²) in [5, 5.41) is 14.7. The van der Waals surface area contributed by atoms with Crippen LogP contribution >= 0.6 is 23.1 Å². The van der Waals surface area contributed by atoms with Gasteiger partial charge in [-0.05, 0) is 36.1 Å². The van der Waals surface area contributed by atoms with E-state index in [1.165, 1.54) is 42.5 Å². The summed E-state index contributed by atoms with van der Waals surface area (Å²) < 4.78 is 34.7. The van der Waals surface area contributed by atoms with Crippen LogP contribution in [0, 0.1) is 10.1 Å². The highest BCUT2D eigenvalue weighted by atomic mass is 32.2. The highest BCUT2D eigenvalue weighted by molar-refractivity contribution is 8.00. The standard InChI is InChI=1S/C22H21N3O9S3/c1-2-37(31,32)34-16-12-36-21-18(23-17(26)10-15-4-3-9-35-15)20(27)24(21)19(16)22(28)33-11-13-5-7-14(8-6-13)25(29)30/h3-9,18,21H,2,10-12H2,1H3,(H,23,26)/t18?,21-/m0/s1. The summed E-state index contributed by atoms with van der Waals surface area (Å²) in [5.41, 5.74) is -0.0428. The molecule has 2 aliphatic rings. The van der Waals surface area contributed by atoms with E-state index in [9.17, 15) is 32.9 Å². The Morgan fingerprint density at radius 3 is 2.59 bits per heavy atom. The fraction of sp³-hybridized carbons (Fsp3) is 0.318. The predicted octanol–water partition coefficient (Wildman–Crippen LogP) is 1.92. The summed E-state index contributed by atoms with van der Waals surface area (Å²) >= 11 is 2.56. The van der Waals surface area contributed by atoms with Gasteiger partial charge < -0.3 is 14.2 Å². The number of nitro groups is 1. The van der Waals surface area contributed by atoms with Crippen molar-refractivity contribution in [2.24, 2.45) is 0 Å². The van der Waals surface area contributed by atoms with E-state index in [0.29, 0.717) is 5.56 Å². The monoisotopic (exact) mass is 567 g/mol. The minimum Gasteiger partial charge on any atom is -0.456 e. The molecule has 0 saturated carbocycles. The first-order valence-corrected chi connectivity index (χ1v) is 14.4. The lowest BCUT2D eigenvalue weighted by Crippen LogP contribution is -2.70. The molecule has 12 nitrogen and oxygen atoms in total. The smallest absolute Gasteiger partial charge is 0.359 e. The molecule has 2 amide bonds. The van der Waals surface area contributed by atoms with E-state index in [0.717, 1.165) is 21.5 Å². The summed E-state index contributed by atoms with van der Waals surface area (Å²) in [6.45, 7) is 1.09. The molecule has 37 heavy (non-hydrogen) atoms. The highest BCUT2D eigenvalue weighted by Gasteiger charge is 2.55. The second-order valence-corrected chi connectivity index (χ2v) is 11.9. The van der Waals surface area contributed by atoms with Crippen LogP contribution in [0.4, 0.5) is 5.69 Å². The summed E-state index contributed by atoms with van der Waals surface area (Å²) in [5.74, 6) is -2.61. The molecule has 1 aromatic carbocycles. The Labute approximate surface area is 219 Å². The van der Waals surface area contributed by atoms with Crippen molar-refractivity contribution >= 4 is 56.7 Å². The van der Waals surface area contributed by atoms with Crippen molar-refractivity contribution in [3.8, 4) is 0 Å². The van der Waals surface area contributed by atoms with E-state index in [4.69, 9.17) is 8.92 Å². The number of amides is 2. The van der Waals surface area contributed by atoms with Crippen molar-refractivity contribution in [3.05, 3.63) is 73.8 Å². The minimum atomic E-state index is -4.01. The third-order valence-corrected chi connectivity index (χ3v) is 8.75. The molecule has 1 fully saturated rings. The summed E-state index contributed by atoms with van der Waals surface area (Å²) in [4.78, 5) is 50.6. The van der Waals surface area contributed by atoms with E-state index in [2.05, 4.69) is 5.32 Å². The third kappa shape index (κ3) is 5.94. The Hall–Kier alpha value is -3.43. The van der Waals surface area contributed by atoms with Crippen molar-refractivity contribution < 1.29 is 36.6 Å². The zero-order valence-corrected chi connectivity index (χ0v) is 21.8. The van der Waals surface area contributed by atoms with Gasteiger partial charge in [0.05, 0.1) is 22.8 Å². The molecule has 1 aromatic heterocycles. The van der Waals surface area contributed by atoms with Crippen LogP contribution < -0.4 is 5.32 Å². The number of non-ortho nitro benzene ring substituents is 1. The number of carbonyl (C=O) groups excluding carboxylic acids is 3. The molecule has 3 heterocycles. The van der Waals surface area contributed by atoms with Gasteiger partial charge in [-0.3, -0.25) is 24.6 Å². The number of β-lactam (4-membered cyclic amide) rings is 1. The lowest BCUT2D eigenvalue weighted by Gasteiger charge is -2.49. The molecule has 0 bridgehead atoms. The number of thioether (sulfide) groups is 1. The number of benzene rings is 1. The number of hydrogen-bond donors (Lipinski definition) is 1. The number of nitrogens with one attached hydrogen (secondary N) is 1. The first-order chi connectivity index (χ1) is 17.6. The molecule has 4 rings (SSSR count). The van der Waals surface area contributed by atoms with Crippen molar-refractivity contribution in [2.45, 2.75) is 31.4 Å². The molecule has 2 atom stereocenters. The molecule has 0 radical (unpaired) electrons. The number of rotatable bonds is 10. The molecule has 1 N–H and O–H groups in total. The molecule has 0 aliphatic carbocycles. The van der Waals surface area contributed by atoms with Crippen molar-refractivity contribution in [2.75, 3.05) is 11.5 Å². The molecule has 0 spiro atoms. The molecule has 196 valence electrons. The molecule has 2 aliphatic heterocycles. The average Bonchev–Trinajstić information content (AvgIpc) is 3.38. The zero-order chi connectivity index (χ0) is 26.7. The number of esters is 1. The maximum Gasteiger partial charge on any atom is 0.359 e. The lowest BCUT2D eigenvalue weighted by atomic mass is 10.0. The van der Waals surface area contributed by atoms with E-state index >= 15 is 0 Å². The average molecular weight is 568 g/mol. The SMILES string of the molecule is CCS(=O)(=O)OC1=C(C(=O)OCc2ccc([N+](=O)[O-])cc2)N2C(=O)C(NC(=O)Cc3cccs3)[C@@H]2SC1. The van der Waals surface area contributed by atoms with Crippen LogP contribution in [-0.4, -0.2) is 58.9 Å². The van der Waals surface area contributed by atoms with Gasteiger partial charge in [-0.1, -0.05) is 6.07 Å². The van der Waals surface area contributed by atoms with Crippen LogP contribution in [0.3, 0.4) is 0 Å². The normalized spacial score (nSPS) is 19.1. The number of hydrogen-bond acceptors (Lipinski definition) is 11. The van der Waals surface area contributed by atoms with Crippen LogP contribution in [0.25, 0.3) is 0 Å². The molecular formula is C22H21N3O9S3. The number of carbonyl (C=O) groups is 3.